The van der Waals surface area contributed by atoms with Gasteiger partial charge in [-0.05, 0) is 45.2 Å². The number of hydrogen-bond donors (Lipinski definition) is 1. The van der Waals surface area contributed by atoms with Crippen molar-refractivity contribution in [2.45, 2.75) is 45.2 Å². The first-order valence-electron chi connectivity index (χ1n) is 9.63. The second kappa shape index (κ2) is 7.14. The van der Waals surface area contributed by atoms with Crippen LogP contribution in [-0.2, 0) is 4.79 Å². The molecule has 0 aliphatic carbocycles. The first-order chi connectivity index (χ1) is 13.1. The van der Waals surface area contributed by atoms with Crippen LogP contribution in [0.3, 0.4) is 0 Å². The summed E-state index contributed by atoms with van der Waals surface area (Å²) in [5.74, 6) is 0.836. The number of rotatable bonds is 4. The molecule has 1 aromatic heterocycles. The third kappa shape index (κ3) is 3.22. The van der Waals surface area contributed by atoms with Crippen molar-refractivity contribution < 1.29 is 13.9 Å². The molecule has 1 amide bonds. The Bertz CT molecular complexity index is 968. The summed E-state index contributed by atoms with van der Waals surface area (Å²) in [7, 11) is 1.64. The monoisotopic (exact) mass is 366 g/mol. The maximum atomic E-state index is 12.8. The summed E-state index contributed by atoms with van der Waals surface area (Å²) in [4.78, 5) is 14.8. The largest absolute Gasteiger partial charge is 0.495 e. The zero-order valence-electron chi connectivity index (χ0n) is 16.1. The molecule has 3 aromatic rings. The summed E-state index contributed by atoms with van der Waals surface area (Å²) in [6, 6.07) is 12.4. The highest BCUT2D eigenvalue weighted by Crippen LogP contribution is 2.36. The van der Waals surface area contributed by atoms with Crippen LogP contribution in [0.4, 0.5) is 5.69 Å². The number of likely N-dealkylation sites (tertiary alicyclic amines) is 1. The van der Waals surface area contributed by atoms with Gasteiger partial charge in [0.05, 0.1) is 19.3 Å². The van der Waals surface area contributed by atoms with Gasteiger partial charge >= 0.3 is 0 Å². The Kier molecular flexibility index (Phi) is 4.68. The Hall–Kier alpha value is -2.69. The summed E-state index contributed by atoms with van der Waals surface area (Å²) >= 11 is 0. The topological polar surface area (TPSA) is 54.7 Å². The predicted molar refractivity (Wildman–Crippen MR) is 108 cm³/mol. The highest BCUT2D eigenvalue weighted by molar-refractivity contribution is 6.06. The maximum Gasteiger partial charge on any atom is 0.242 e. The van der Waals surface area contributed by atoms with Crippen LogP contribution in [0.1, 0.15) is 33.1 Å². The first kappa shape index (κ1) is 17.7. The van der Waals surface area contributed by atoms with Crippen molar-refractivity contribution >= 4 is 33.5 Å². The van der Waals surface area contributed by atoms with Gasteiger partial charge in [0.25, 0.3) is 0 Å². The molecule has 1 aliphatic heterocycles. The molecule has 1 saturated heterocycles. The van der Waals surface area contributed by atoms with Gasteiger partial charge in [0, 0.05) is 28.9 Å². The van der Waals surface area contributed by atoms with Crippen molar-refractivity contribution in [3.63, 3.8) is 0 Å². The smallest absolute Gasteiger partial charge is 0.242 e. The third-order valence-corrected chi connectivity index (χ3v) is 5.61. The molecule has 27 heavy (non-hydrogen) atoms. The molecule has 1 aliphatic rings. The van der Waals surface area contributed by atoms with Crippen LogP contribution in [0, 0.1) is 0 Å². The standard InChI is InChI=1S/C22H26N2O3/c1-14-7-6-8-15(2)24(14)22(25)13-23-18-12-20-17(11-21(18)26-3)16-9-4-5-10-19(16)27-20/h4-5,9-12,14-15,23H,6-8,13H2,1-3H3. The fourth-order valence-corrected chi connectivity index (χ4v) is 4.23. The van der Waals surface area contributed by atoms with Crippen molar-refractivity contribution in [3.05, 3.63) is 36.4 Å². The number of benzene rings is 2. The summed E-state index contributed by atoms with van der Waals surface area (Å²) in [6.45, 7) is 4.51. The number of para-hydroxylation sites is 1. The molecular weight excluding hydrogens is 340 g/mol. The van der Waals surface area contributed by atoms with Crippen LogP contribution in [0.5, 0.6) is 5.75 Å². The van der Waals surface area contributed by atoms with Crippen molar-refractivity contribution in [3.8, 4) is 5.75 Å². The van der Waals surface area contributed by atoms with E-state index in [0.717, 1.165) is 40.5 Å². The number of furan rings is 1. The lowest BCUT2D eigenvalue weighted by molar-refractivity contribution is -0.135. The Morgan fingerprint density at radius 3 is 2.63 bits per heavy atom. The Labute approximate surface area is 159 Å². The number of anilines is 1. The van der Waals surface area contributed by atoms with Gasteiger partial charge in [0.15, 0.2) is 0 Å². The lowest BCUT2D eigenvalue weighted by Gasteiger charge is -2.39. The van der Waals surface area contributed by atoms with Crippen LogP contribution in [0.25, 0.3) is 21.9 Å². The molecule has 1 fully saturated rings. The summed E-state index contributed by atoms with van der Waals surface area (Å²) in [6.07, 6.45) is 3.34. The van der Waals surface area contributed by atoms with E-state index in [9.17, 15) is 4.79 Å². The van der Waals surface area contributed by atoms with Crippen LogP contribution >= 0.6 is 0 Å². The minimum atomic E-state index is 0.126. The van der Waals surface area contributed by atoms with E-state index in [0.29, 0.717) is 17.8 Å². The summed E-state index contributed by atoms with van der Waals surface area (Å²) < 4.78 is 11.5. The highest BCUT2D eigenvalue weighted by Gasteiger charge is 2.28. The Morgan fingerprint density at radius 1 is 1.15 bits per heavy atom. The van der Waals surface area contributed by atoms with E-state index in [-0.39, 0.29) is 12.5 Å². The van der Waals surface area contributed by atoms with E-state index in [1.165, 1.54) is 6.42 Å². The van der Waals surface area contributed by atoms with E-state index in [1.54, 1.807) is 7.11 Å². The van der Waals surface area contributed by atoms with Gasteiger partial charge in [-0.3, -0.25) is 4.79 Å². The Morgan fingerprint density at radius 2 is 1.89 bits per heavy atom. The van der Waals surface area contributed by atoms with E-state index < -0.39 is 0 Å². The molecule has 0 bridgehead atoms. The normalized spacial score (nSPS) is 20.2. The summed E-state index contributed by atoms with van der Waals surface area (Å²) in [5.41, 5.74) is 2.40. The molecule has 0 spiro atoms. The van der Waals surface area contributed by atoms with Gasteiger partial charge < -0.3 is 19.4 Å². The molecule has 4 rings (SSSR count). The molecule has 5 nitrogen and oxygen atoms in total. The average molecular weight is 366 g/mol. The zero-order valence-corrected chi connectivity index (χ0v) is 16.1. The minimum Gasteiger partial charge on any atom is -0.495 e. The van der Waals surface area contributed by atoms with Crippen LogP contribution in [0.2, 0.25) is 0 Å². The van der Waals surface area contributed by atoms with Gasteiger partial charge in [-0.25, -0.2) is 0 Å². The van der Waals surface area contributed by atoms with E-state index in [1.807, 2.05) is 41.3 Å². The fraction of sp³-hybridized carbons (Fsp3) is 0.409. The quantitative estimate of drug-likeness (QED) is 0.721. The molecular formula is C22H26N2O3. The van der Waals surface area contributed by atoms with Crippen LogP contribution in [-0.4, -0.2) is 36.5 Å². The molecule has 0 radical (unpaired) electrons. The molecule has 2 aromatic carbocycles. The van der Waals surface area contributed by atoms with Gasteiger partial charge in [-0.15, -0.1) is 0 Å². The van der Waals surface area contributed by atoms with E-state index >= 15 is 0 Å². The molecule has 142 valence electrons. The average Bonchev–Trinajstić information content (AvgIpc) is 3.02. The number of carbonyl (C=O) groups excluding carboxylic acids is 1. The van der Waals surface area contributed by atoms with Crippen molar-refractivity contribution in [1.29, 1.82) is 0 Å². The number of carbonyl (C=O) groups is 1. The number of nitrogens with one attached hydrogen (secondary N) is 1. The molecule has 2 atom stereocenters. The zero-order chi connectivity index (χ0) is 19.0. The maximum absolute atomic E-state index is 12.8. The van der Waals surface area contributed by atoms with Crippen molar-refractivity contribution in [1.82, 2.24) is 4.90 Å². The predicted octanol–water partition coefficient (Wildman–Crippen LogP) is 4.80. The first-order valence-corrected chi connectivity index (χ1v) is 9.63. The second-order valence-electron chi connectivity index (χ2n) is 7.43. The number of piperidine rings is 1. The van der Waals surface area contributed by atoms with Crippen LogP contribution in [0.15, 0.2) is 40.8 Å². The lowest BCUT2D eigenvalue weighted by Crippen LogP contribution is -2.49. The SMILES string of the molecule is COc1cc2c(cc1NCC(=O)N1C(C)CCCC1C)oc1ccccc12. The van der Waals surface area contributed by atoms with Gasteiger partial charge in [0.2, 0.25) is 5.91 Å². The molecule has 2 unspecified atom stereocenters. The number of methoxy groups -OCH3 is 1. The molecule has 2 heterocycles. The van der Waals surface area contributed by atoms with Crippen LogP contribution < -0.4 is 10.1 Å². The van der Waals surface area contributed by atoms with E-state index in [4.69, 9.17) is 9.15 Å². The molecule has 5 heteroatoms. The summed E-state index contributed by atoms with van der Waals surface area (Å²) in [5, 5.41) is 5.33. The van der Waals surface area contributed by atoms with Crippen molar-refractivity contribution in [2.24, 2.45) is 0 Å². The van der Waals surface area contributed by atoms with Gasteiger partial charge in [-0.2, -0.15) is 0 Å². The third-order valence-electron chi connectivity index (χ3n) is 5.61. The number of hydrogen-bond acceptors (Lipinski definition) is 4. The fourth-order valence-electron chi connectivity index (χ4n) is 4.23. The Balaban J connectivity index is 1.59. The van der Waals surface area contributed by atoms with Gasteiger partial charge in [-0.1, -0.05) is 18.2 Å². The lowest BCUT2D eigenvalue weighted by atomic mass is 9.97. The van der Waals surface area contributed by atoms with Gasteiger partial charge in [0.1, 0.15) is 16.9 Å². The van der Waals surface area contributed by atoms with Crippen molar-refractivity contribution in [2.75, 3.05) is 19.0 Å². The van der Waals surface area contributed by atoms with E-state index in [2.05, 4.69) is 19.2 Å². The molecule has 0 saturated carbocycles. The number of fused-ring (bicyclic) bond motifs is 3. The number of ether oxygens (including phenoxy) is 1. The highest BCUT2D eigenvalue weighted by atomic mass is 16.5. The molecule has 1 N–H and O–H groups in total. The number of amides is 1. The second-order valence-corrected chi connectivity index (χ2v) is 7.43. The minimum absolute atomic E-state index is 0.126. The number of nitrogens with zero attached hydrogens (tertiary/aromatic N) is 1.